The first kappa shape index (κ1) is 22.0. The first-order chi connectivity index (χ1) is 14.4. The molecule has 0 aromatic heterocycles. The summed E-state index contributed by atoms with van der Waals surface area (Å²) in [5.41, 5.74) is 1.71. The van der Waals surface area contributed by atoms with E-state index in [1.165, 1.54) is 18.8 Å². The van der Waals surface area contributed by atoms with Crippen molar-refractivity contribution in [2.75, 3.05) is 46.2 Å². The summed E-state index contributed by atoms with van der Waals surface area (Å²) in [4.78, 5) is 30.5. The molecule has 2 amide bonds. The zero-order valence-electron chi connectivity index (χ0n) is 17.6. The molecule has 1 aliphatic rings. The lowest BCUT2D eigenvalue weighted by Gasteiger charge is -2.28. The van der Waals surface area contributed by atoms with Gasteiger partial charge in [0.2, 0.25) is 0 Å². The van der Waals surface area contributed by atoms with Crippen LogP contribution in [0.1, 0.15) is 10.8 Å². The molecule has 1 aliphatic heterocycles. The van der Waals surface area contributed by atoms with Gasteiger partial charge in [0.15, 0.2) is 6.10 Å². The van der Waals surface area contributed by atoms with E-state index in [-0.39, 0.29) is 5.91 Å². The third kappa shape index (κ3) is 4.88. The molecule has 0 saturated heterocycles. The molecule has 1 N–H and O–H groups in total. The molecule has 0 bridgehead atoms. The van der Waals surface area contributed by atoms with Gasteiger partial charge in [-0.15, -0.1) is 11.8 Å². The third-order valence-corrected chi connectivity index (χ3v) is 6.22. The average Bonchev–Trinajstić information content (AvgIpc) is 2.87. The Kier molecular flexibility index (Phi) is 7.23. The van der Waals surface area contributed by atoms with Gasteiger partial charge < -0.3 is 24.6 Å². The van der Waals surface area contributed by atoms with Gasteiger partial charge in [-0.3, -0.25) is 4.79 Å². The van der Waals surface area contributed by atoms with Gasteiger partial charge in [0.25, 0.3) is 5.91 Å². The number of fused-ring (bicyclic) bond motifs is 1. The van der Waals surface area contributed by atoms with Gasteiger partial charge >= 0.3 is 6.09 Å². The van der Waals surface area contributed by atoms with Gasteiger partial charge in [-0.25, -0.2) is 4.79 Å². The van der Waals surface area contributed by atoms with E-state index in [9.17, 15) is 9.59 Å². The van der Waals surface area contributed by atoms with Crippen LogP contribution in [0.25, 0.3) is 0 Å². The van der Waals surface area contributed by atoms with Crippen molar-refractivity contribution in [1.29, 1.82) is 0 Å². The monoisotopic (exact) mass is 429 g/mol. The summed E-state index contributed by atoms with van der Waals surface area (Å²) in [6, 6.07) is 15.3. The molecule has 0 radical (unpaired) electrons. The van der Waals surface area contributed by atoms with Gasteiger partial charge in [0.1, 0.15) is 5.75 Å². The number of likely N-dealkylation sites (N-methyl/N-ethyl adjacent to an activating group) is 1. The smallest absolute Gasteiger partial charge is 0.407 e. The van der Waals surface area contributed by atoms with Crippen LogP contribution < -0.4 is 15.0 Å². The molecule has 0 unspecified atom stereocenters. The topological polar surface area (TPSA) is 71.1 Å². The Hall–Kier alpha value is -2.71. The first-order valence-electron chi connectivity index (χ1n) is 9.68. The molecular formula is C22H27N3O4S. The fourth-order valence-electron chi connectivity index (χ4n) is 3.23. The predicted molar refractivity (Wildman–Crippen MR) is 118 cm³/mol. The zero-order valence-corrected chi connectivity index (χ0v) is 18.4. The van der Waals surface area contributed by atoms with E-state index >= 15 is 0 Å². The number of carbonyl (C=O) groups excluding carboxylic acids is 2. The van der Waals surface area contributed by atoms with Gasteiger partial charge in [-0.2, -0.15) is 0 Å². The molecular weight excluding hydrogens is 402 g/mol. The number of anilines is 1. The molecule has 8 heteroatoms. The van der Waals surface area contributed by atoms with Crippen molar-refractivity contribution < 1.29 is 19.1 Å². The molecule has 3 rings (SSSR count). The van der Waals surface area contributed by atoms with Crippen LogP contribution in [-0.2, 0) is 9.53 Å². The van der Waals surface area contributed by atoms with Crippen molar-refractivity contribution in [1.82, 2.24) is 10.2 Å². The number of nitrogens with zero attached hydrogens (tertiary/aromatic N) is 2. The van der Waals surface area contributed by atoms with Gasteiger partial charge in [-0.1, -0.05) is 24.3 Å². The minimum atomic E-state index is -0.974. The second kappa shape index (κ2) is 9.86. The molecule has 0 fully saturated rings. The van der Waals surface area contributed by atoms with Crippen molar-refractivity contribution in [3.05, 3.63) is 54.1 Å². The van der Waals surface area contributed by atoms with E-state index in [1.807, 2.05) is 67.5 Å². The van der Waals surface area contributed by atoms with Crippen molar-refractivity contribution in [3.63, 3.8) is 0 Å². The van der Waals surface area contributed by atoms with E-state index in [4.69, 9.17) is 9.47 Å². The molecule has 2 atom stereocenters. The minimum absolute atomic E-state index is 0.237. The van der Waals surface area contributed by atoms with E-state index in [0.717, 1.165) is 21.9 Å². The minimum Gasteiger partial charge on any atom is -0.497 e. The lowest BCUT2D eigenvalue weighted by Crippen LogP contribution is -2.46. The third-order valence-electron chi connectivity index (χ3n) is 4.85. The molecule has 160 valence electrons. The number of rotatable bonds is 6. The number of alkyl carbamates (subject to hydrolysis) is 1. The number of hydrogen-bond donors (Lipinski definition) is 1. The molecule has 2 aromatic rings. The molecule has 0 aliphatic carbocycles. The number of benzene rings is 2. The maximum atomic E-state index is 13.6. The van der Waals surface area contributed by atoms with Crippen molar-refractivity contribution in [2.24, 2.45) is 0 Å². The predicted octanol–water partition coefficient (Wildman–Crippen LogP) is 3.16. The summed E-state index contributed by atoms with van der Waals surface area (Å²) >= 11 is 1.52. The average molecular weight is 430 g/mol. The summed E-state index contributed by atoms with van der Waals surface area (Å²) < 4.78 is 10.9. The highest BCUT2D eigenvalue weighted by molar-refractivity contribution is 7.99. The van der Waals surface area contributed by atoms with Crippen LogP contribution in [0.5, 0.6) is 5.75 Å². The Labute approximate surface area is 181 Å². The number of ether oxygens (including phenoxy) is 2. The second-order valence-corrected chi connectivity index (χ2v) is 8.33. The van der Waals surface area contributed by atoms with Crippen LogP contribution >= 0.6 is 11.8 Å². The lowest BCUT2D eigenvalue weighted by molar-refractivity contribution is -0.126. The summed E-state index contributed by atoms with van der Waals surface area (Å²) in [6.07, 6.45) is -1.61. The maximum Gasteiger partial charge on any atom is 0.407 e. The number of methoxy groups -OCH3 is 1. The number of amides is 2. The summed E-state index contributed by atoms with van der Waals surface area (Å²) in [7, 11) is 7.01. The number of nitrogens with one attached hydrogen (secondary N) is 1. The highest BCUT2D eigenvalue weighted by atomic mass is 32.2. The molecule has 7 nitrogen and oxygen atoms in total. The Balaban J connectivity index is 2.06. The molecule has 1 heterocycles. The summed E-state index contributed by atoms with van der Waals surface area (Å²) in [5.74, 6) is 0.485. The number of thioether (sulfide) groups is 1. The number of hydrogen-bond acceptors (Lipinski definition) is 6. The quantitative estimate of drug-likeness (QED) is 0.761. The van der Waals surface area contributed by atoms with E-state index in [1.54, 1.807) is 12.0 Å². The summed E-state index contributed by atoms with van der Waals surface area (Å²) in [6.45, 7) is 1.18. The van der Waals surface area contributed by atoms with Crippen LogP contribution in [0.4, 0.5) is 10.5 Å². The highest BCUT2D eigenvalue weighted by Gasteiger charge is 2.41. The Morgan fingerprint density at radius 2 is 1.87 bits per heavy atom. The fraction of sp³-hybridized carbons (Fsp3) is 0.364. The van der Waals surface area contributed by atoms with Crippen LogP contribution in [-0.4, -0.2) is 64.3 Å². The van der Waals surface area contributed by atoms with Crippen LogP contribution in [0.15, 0.2) is 53.4 Å². The molecule has 30 heavy (non-hydrogen) atoms. The van der Waals surface area contributed by atoms with Crippen LogP contribution in [0.2, 0.25) is 0 Å². The van der Waals surface area contributed by atoms with Crippen LogP contribution in [0, 0.1) is 0 Å². The molecule has 0 spiro atoms. The fourth-order valence-corrected chi connectivity index (χ4v) is 4.55. The molecule has 0 saturated carbocycles. The zero-order chi connectivity index (χ0) is 21.7. The number of para-hydroxylation sites is 1. The highest BCUT2D eigenvalue weighted by Crippen LogP contribution is 2.46. The van der Waals surface area contributed by atoms with Crippen molar-refractivity contribution >= 4 is 29.4 Å². The molecule has 2 aromatic carbocycles. The SMILES string of the molecule is CNC(=O)O[C@@H]1C(=O)N(CCN(C)C)c2ccccc2S[C@@H]1c1ccc(OC)cc1. The maximum absolute atomic E-state index is 13.6. The van der Waals surface area contributed by atoms with E-state index in [2.05, 4.69) is 5.32 Å². The van der Waals surface area contributed by atoms with Crippen LogP contribution in [0.3, 0.4) is 0 Å². The lowest BCUT2D eigenvalue weighted by atomic mass is 10.1. The second-order valence-electron chi connectivity index (χ2n) is 7.15. The van der Waals surface area contributed by atoms with E-state index < -0.39 is 17.4 Å². The Morgan fingerprint density at radius 1 is 1.17 bits per heavy atom. The Morgan fingerprint density at radius 3 is 2.50 bits per heavy atom. The van der Waals surface area contributed by atoms with E-state index in [0.29, 0.717) is 13.1 Å². The van der Waals surface area contributed by atoms with Gasteiger partial charge in [0, 0.05) is 25.0 Å². The first-order valence-corrected chi connectivity index (χ1v) is 10.6. The summed E-state index contributed by atoms with van der Waals surface area (Å²) in [5, 5.41) is 2.06. The standard InChI is InChI=1S/C22H27N3O4S/c1-23-22(27)29-19-20(15-9-11-16(28-4)12-10-15)30-18-8-6-5-7-17(18)25(21(19)26)14-13-24(2)3/h5-12,19-20H,13-14H2,1-4H3,(H,23,27)/t19-,20+/m0/s1. The normalized spacial score (nSPS) is 18.6. The number of carbonyl (C=O) groups is 2. The Bertz CT molecular complexity index is 888. The van der Waals surface area contributed by atoms with Gasteiger partial charge in [0.05, 0.1) is 18.0 Å². The van der Waals surface area contributed by atoms with Crippen molar-refractivity contribution in [2.45, 2.75) is 16.2 Å². The van der Waals surface area contributed by atoms with Crippen molar-refractivity contribution in [3.8, 4) is 5.75 Å². The largest absolute Gasteiger partial charge is 0.497 e. The van der Waals surface area contributed by atoms with Gasteiger partial charge in [-0.05, 0) is 43.9 Å².